The van der Waals surface area contributed by atoms with Crippen molar-refractivity contribution >= 4 is 27.5 Å². The molecule has 1 saturated heterocycles. The minimum absolute atomic E-state index is 0. The van der Waals surface area contributed by atoms with Crippen molar-refractivity contribution in [1.29, 1.82) is 0 Å². The monoisotopic (exact) mass is 675 g/mol. The molecule has 1 amide bonds. The fraction of sp³-hybridized carbons (Fsp3) is 0.400. The molecule has 3 aromatic heterocycles. The molecule has 186 valence electrons. The Bertz CT molecular complexity index is 1390. The molecule has 35 heavy (non-hydrogen) atoms. The fourth-order valence-electron chi connectivity index (χ4n) is 3.82. The van der Waals surface area contributed by atoms with E-state index < -0.39 is 21.3 Å². The summed E-state index contributed by atoms with van der Waals surface area (Å²) in [7, 11) is -4.72. The molecule has 5 rings (SSSR count). The van der Waals surface area contributed by atoms with Crippen molar-refractivity contribution in [3.05, 3.63) is 49.4 Å². The molecule has 0 atom stereocenters. The van der Waals surface area contributed by atoms with Crippen LogP contribution in [-0.4, -0.2) is 68.4 Å². The number of hydrogen-bond acceptors (Lipinski definition) is 6. The number of anilines is 1. The number of amides is 1. The van der Waals surface area contributed by atoms with Gasteiger partial charge in [-0.05, 0) is 25.0 Å². The van der Waals surface area contributed by atoms with E-state index in [0.29, 0.717) is 21.2 Å². The van der Waals surface area contributed by atoms with E-state index in [2.05, 4.69) is 25.3 Å². The van der Waals surface area contributed by atoms with Crippen molar-refractivity contribution in [2.75, 3.05) is 25.0 Å². The van der Waals surface area contributed by atoms with Gasteiger partial charge in [0.25, 0.3) is 10.0 Å². The normalized spacial score (nSPS) is 17.2. The summed E-state index contributed by atoms with van der Waals surface area (Å²) in [5, 5.41) is 11.4. The van der Waals surface area contributed by atoms with Gasteiger partial charge in [-0.25, -0.2) is 19.5 Å². The van der Waals surface area contributed by atoms with Gasteiger partial charge in [-0.3, -0.25) is 14.8 Å². The molecule has 1 aliphatic carbocycles. The molecule has 0 spiro atoms. The van der Waals surface area contributed by atoms with Crippen molar-refractivity contribution in [2.45, 2.75) is 24.1 Å². The van der Waals surface area contributed by atoms with E-state index in [1.165, 1.54) is 10.9 Å². The van der Waals surface area contributed by atoms with Gasteiger partial charge in [0.05, 0.1) is 11.9 Å². The van der Waals surface area contributed by atoms with Gasteiger partial charge in [-0.15, -0.1) is 5.10 Å². The van der Waals surface area contributed by atoms with Crippen LogP contribution in [0.2, 0.25) is 0 Å². The molecular formula is C20H21F2N8O3SW-. The maximum Gasteiger partial charge on any atom is 0.350 e. The number of fused-ring (bicyclic) bond motifs is 1. The second-order valence-corrected chi connectivity index (χ2v) is 10.1. The molecule has 1 saturated carbocycles. The standard InChI is InChI=1S/C19H18F2N8O3S.CH3.W/c1-22-9-19(10-27(11-19)33(31,32)17(20)21)28-8-13(7-23-28)14-3-2-4-15-24-18(26-29(14)15)25-16(30)12-5-6-12;;/h2-4,7-8,12,17H,5-6,9-11H2,(H,25,26,30);1H3;/q;-1;. The molecule has 0 bridgehead atoms. The van der Waals surface area contributed by atoms with Crippen LogP contribution < -0.4 is 5.32 Å². The zero-order chi connectivity index (χ0) is 23.4. The summed E-state index contributed by atoms with van der Waals surface area (Å²) in [6.45, 7) is 6.58. The fourth-order valence-corrected chi connectivity index (χ4v) is 4.88. The second-order valence-electron chi connectivity index (χ2n) is 8.17. The topological polar surface area (TPSA) is 119 Å². The molecule has 2 fully saturated rings. The van der Waals surface area contributed by atoms with Crippen LogP contribution in [0.15, 0.2) is 30.6 Å². The largest absolute Gasteiger partial charge is 0.358 e. The number of pyridine rings is 1. The van der Waals surface area contributed by atoms with E-state index in [1.54, 1.807) is 28.9 Å². The second kappa shape index (κ2) is 9.72. The van der Waals surface area contributed by atoms with Crippen LogP contribution in [0.5, 0.6) is 0 Å². The average Bonchev–Trinajstić information content (AvgIpc) is 3.34. The van der Waals surface area contributed by atoms with E-state index in [-0.39, 0.29) is 65.9 Å². The Kier molecular flexibility index (Phi) is 7.45. The molecule has 0 unspecified atom stereocenters. The Hall–Kier alpha value is -2.75. The number of hydrogen-bond donors (Lipinski definition) is 1. The number of rotatable bonds is 7. The number of halogens is 2. The number of aromatic nitrogens is 5. The minimum atomic E-state index is -4.72. The Morgan fingerprint density at radius 2 is 2.03 bits per heavy atom. The Labute approximate surface area is 214 Å². The summed E-state index contributed by atoms with van der Waals surface area (Å²) >= 11 is 0. The summed E-state index contributed by atoms with van der Waals surface area (Å²) in [6.07, 6.45) is 4.85. The van der Waals surface area contributed by atoms with Gasteiger partial charge in [0.15, 0.2) is 11.2 Å². The molecule has 2 aliphatic rings. The number of carbonyl (C=O) groups is 1. The Morgan fingerprint density at radius 3 is 2.66 bits per heavy atom. The Morgan fingerprint density at radius 1 is 1.31 bits per heavy atom. The molecule has 15 heteroatoms. The van der Waals surface area contributed by atoms with Crippen molar-refractivity contribution in [3.8, 4) is 11.3 Å². The van der Waals surface area contributed by atoms with Gasteiger partial charge >= 0.3 is 5.76 Å². The van der Waals surface area contributed by atoms with E-state index in [1.807, 2.05) is 0 Å². The predicted molar refractivity (Wildman–Crippen MR) is 118 cm³/mol. The first-order valence-corrected chi connectivity index (χ1v) is 11.6. The third kappa shape index (κ3) is 4.72. The molecule has 3 aromatic rings. The van der Waals surface area contributed by atoms with E-state index in [4.69, 9.17) is 6.57 Å². The summed E-state index contributed by atoms with van der Waals surface area (Å²) < 4.78 is 52.9. The zero-order valence-corrected chi connectivity index (χ0v) is 22.3. The van der Waals surface area contributed by atoms with Gasteiger partial charge in [-0.1, -0.05) is 6.07 Å². The molecule has 1 aliphatic heterocycles. The van der Waals surface area contributed by atoms with Gasteiger partial charge in [0, 0.05) is 51.8 Å². The summed E-state index contributed by atoms with van der Waals surface area (Å²) in [5.74, 6) is -3.45. The van der Waals surface area contributed by atoms with E-state index >= 15 is 0 Å². The zero-order valence-electron chi connectivity index (χ0n) is 18.5. The van der Waals surface area contributed by atoms with Gasteiger partial charge in [0.1, 0.15) is 0 Å². The number of carbonyl (C=O) groups excluding carboxylic acids is 1. The first-order valence-electron chi connectivity index (χ1n) is 10.1. The minimum Gasteiger partial charge on any atom is -0.358 e. The van der Waals surface area contributed by atoms with Crippen LogP contribution in [0.25, 0.3) is 21.7 Å². The van der Waals surface area contributed by atoms with Crippen LogP contribution in [-0.2, 0) is 41.4 Å². The quantitative estimate of drug-likeness (QED) is 0.383. The van der Waals surface area contributed by atoms with Crippen LogP contribution in [0, 0.1) is 19.9 Å². The van der Waals surface area contributed by atoms with Crippen LogP contribution in [0.1, 0.15) is 12.8 Å². The number of nitrogens with zero attached hydrogens (tertiary/aromatic N) is 7. The molecule has 4 heterocycles. The third-order valence-corrected chi connectivity index (χ3v) is 7.24. The maximum atomic E-state index is 12.9. The SMILES string of the molecule is [C-]#[N+]CC1(n2cc(-c3cccc4nc(NC(=O)C5CC5)nn34)cn2)CN(S(=O)(=O)C(F)F)C1.[CH3-].[W]. The number of nitrogens with one attached hydrogen (secondary N) is 1. The molecule has 0 aromatic carbocycles. The van der Waals surface area contributed by atoms with Gasteiger partial charge in [-0.2, -0.15) is 23.2 Å². The number of sulfonamides is 1. The molecule has 0 radical (unpaired) electrons. The van der Waals surface area contributed by atoms with E-state index in [0.717, 1.165) is 12.8 Å². The predicted octanol–water partition coefficient (Wildman–Crippen LogP) is 1.87. The summed E-state index contributed by atoms with van der Waals surface area (Å²) in [6, 6.07) is 5.26. The van der Waals surface area contributed by atoms with Gasteiger partial charge in [0.2, 0.25) is 18.4 Å². The third-order valence-electron chi connectivity index (χ3n) is 5.81. The van der Waals surface area contributed by atoms with Crippen molar-refractivity contribution in [3.63, 3.8) is 0 Å². The molecular weight excluding hydrogens is 654 g/mol. The van der Waals surface area contributed by atoms with Crippen LogP contribution in [0.3, 0.4) is 0 Å². The Balaban J connectivity index is 0.00000171. The van der Waals surface area contributed by atoms with Crippen molar-refractivity contribution in [1.82, 2.24) is 28.7 Å². The van der Waals surface area contributed by atoms with Gasteiger partial charge < -0.3 is 12.3 Å². The van der Waals surface area contributed by atoms with Crippen LogP contribution in [0.4, 0.5) is 14.7 Å². The first-order chi connectivity index (χ1) is 15.7. The molecule has 11 nitrogen and oxygen atoms in total. The van der Waals surface area contributed by atoms with Crippen LogP contribution >= 0.6 is 0 Å². The first kappa shape index (κ1) is 26.8. The molecule has 1 N–H and O–H groups in total. The number of alkyl halides is 2. The summed E-state index contributed by atoms with van der Waals surface area (Å²) in [4.78, 5) is 19.7. The van der Waals surface area contributed by atoms with Crippen molar-refractivity contribution in [2.24, 2.45) is 5.92 Å². The smallest absolute Gasteiger partial charge is 0.350 e. The van der Waals surface area contributed by atoms with E-state index in [9.17, 15) is 22.0 Å². The van der Waals surface area contributed by atoms with Crippen molar-refractivity contribution < 1.29 is 43.1 Å². The summed E-state index contributed by atoms with van der Waals surface area (Å²) in [5.41, 5.74) is 0.666. The maximum absolute atomic E-state index is 12.9. The average molecular weight is 675 g/mol.